The molecule has 10 heteroatoms. The van der Waals surface area contributed by atoms with E-state index in [1.807, 2.05) is 18.7 Å². The van der Waals surface area contributed by atoms with E-state index in [0.717, 1.165) is 0 Å². The fourth-order valence-corrected chi connectivity index (χ4v) is 3.52. The maximum atomic E-state index is 14.8. The van der Waals surface area contributed by atoms with Crippen molar-refractivity contribution in [3.63, 3.8) is 0 Å². The van der Waals surface area contributed by atoms with Gasteiger partial charge in [-0.1, -0.05) is 26.1 Å². The molecule has 30 heavy (non-hydrogen) atoms. The van der Waals surface area contributed by atoms with E-state index in [1.54, 1.807) is 17.0 Å². The number of ether oxygens (including phenoxy) is 2. The lowest BCUT2D eigenvalue weighted by Gasteiger charge is -2.35. The van der Waals surface area contributed by atoms with Crippen LogP contribution in [0.1, 0.15) is 13.8 Å². The number of rotatable bonds is 5. The molecule has 2 heterocycles. The first kappa shape index (κ1) is 22.1. The summed E-state index contributed by atoms with van der Waals surface area (Å²) < 4.78 is 24.9. The third-order valence-electron chi connectivity index (χ3n) is 5.20. The Labute approximate surface area is 180 Å². The zero-order chi connectivity index (χ0) is 21.8. The van der Waals surface area contributed by atoms with Gasteiger partial charge in [0.2, 0.25) is 0 Å². The molecule has 2 fully saturated rings. The van der Waals surface area contributed by atoms with Crippen molar-refractivity contribution < 1.29 is 23.5 Å². The van der Waals surface area contributed by atoms with Crippen LogP contribution in [-0.2, 0) is 9.47 Å². The third kappa shape index (κ3) is 4.92. The van der Waals surface area contributed by atoms with Crippen LogP contribution in [0.15, 0.2) is 18.2 Å². The minimum Gasteiger partial charge on any atom is -0.453 e. The van der Waals surface area contributed by atoms with Crippen LogP contribution in [0, 0.1) is 11.7 Å². The van der Waals surface area contributed by atoms with Crippen molar-refractivity contribution in [2.24, 2.45) is 5.92 Å². The van der Waals surface area contributed by atoms with Crippen LogP contribution < -0.4 is 15.1 Å². The summed E-state index contributed by atoms with van der Waals surface area (Å²) in [6, 6.07) is 4.71. The van der Waals surface area contributed by atoms with Crippen molar-refractivity contribution in [3.05, 3.63) is 24.0 Å². The maximum absolute atomic E-state index is 14.8. The number of hydrogen-bond acceptors (Lipinski definition) is 6. The number of anilines is 2. The number of piperazine rings is 1. The van der Waals surface area contributed by atoms with Crippen molar-refractivity contribution in [1.29, 1.82) is 0 Å². The number of nitrogens with one attached hydrogen (secondary N) is 1. The van der Waals surface area contributed by atoms with Crippen molar-refractivity contribution >= 4 is 40.8 Å². The van der Waals surface area contributed by atoms with Crippen LogP contribution in [0.3, 0.4) is 0 Å². The van der Waals surface area contributed by atoms with Crippen molar-refractivity contribution in [1.82, 2.24) is 10.2 Å². The van der Waals surface area contributed by atoms with Gasteiger partial charge < -0.3 is 24.6 Å². The van der Waals surface area contributed by atoms with E-state index in [-0.39, 0.29) is 18.1 Å². The SMILES string of the molecule is COC(=O)N1CCN(c2ccc(N3CC(CNC(=S)C(C)C)OC3=O)cc2F)CC1. The Kier molecular flexibility index (Phi) is 6.96. The average Bonchev–Trinajstić information content (AvgIpc) is 3.12. The molecule has 8 nitrogen and oxygen atoms in total. The number of thiocarbonyl (C=S) groups is 1. The van der Waals surface area contributed by atoms with Gasteiger partial charge in [-0.3, -0.25) is 4.90 Å². The molecule has 1 aromatic rings. The Morgan fingerprint density at radius 1 is 1.33 bits per heavy atom. The molecule has 1 unspecified atom stereocenters. The first-order chi connectivity index (χ1) is 14.3. The summed E-state index contributed by atoms with van der Waals surface area (Å²) >= 11 is 5.24. The molecule has 2 aliphatic heterocycles. The Bertz CT molecular complexity index is 814. The Balaban J connectivity index is 1.61. The number of hydrogen-bond donors (Lipinski definition) is 1. The molecule has 2 amide bonds. The number of carbonyl (C=O) groups excluding carboxylic acids is 2. The number of amides is 2. The second-order valence-corrected chi connectivity index (χ2v) is 8.04. The highest BCUT2D eigenvalue weighted by molar-refractivity contribution is 7.80. The first-order valence-electron chi connectivity index (χ1n) is 9.93. The minimum absolute atomic E-state index is 0.212. The lowest BCUT2D eigenvalue weighted by Crippen LogP contribution is -2.49. The first-order valence-corrected chi connectivity index (χ1v) is 10.3. The van der Waals surface area contributed by atoms with Gasteiger partial charge in [0.1, 0.15) is 11.9 Å². The van der Waals surface area contributed by atoms with Gasteiger partial charge in [-0.2, -0.15) is 0 Å². The van der Waals surface area contributed by atoms with Gasteiger partial charge in [0.05, 0.1) is 36.6 Å². The highest BCUT2D eigenvalue weighted by atomic mass is 32.1. The van der Waals surface area contributed by atoms with Gasteiger partial charge >= 0.3 is 12.2 Å². The van der Waals surface area contributed by atoms with Gasteiger partial charge in [0, 0.05) is 32.1 Å². The summed E-state index contributed by atoms with van der Waals surface area (Å²) in [7, 11) is 1.34. The predicted octanol–water partition coefficient (Wildman–Crippen LogP) is 2.61. The molecular weight excluding hydrogens is 411 g/mol. The lowest BCUT2D eigenvalue weighted by atomic mass is 10.2. The fraction of sp³-hybridized carbons (Fsp3) is 0.550. The number of carbonyl (C=O) groups is 2. The molecule has 164 valence electrons. The molecule has 3 rings (SSSR count). The van der Waals surface area contributed by atoms with Crippen molar-refractivity contribution in [2.45, 2.75) is 20.0 Å². The zero-order valence-electron chi connectivity index (χ0n) is 17.4. The lowest BCUT2D eigenvalue weighted by molar-refractivity contribution is 0.121. The van der Waals surface area contributed by atoms with Crippen molar-refractivity contribution in [2.75, 3.05) is 56.2 Å². The summed E-state index contributed by atoms with van der Waals surface area (Å²) in [6.45, 7) is 6.64. The predicted molar refractivity (Wildman–Crippen MR) is 116 cm³/mol. The smallest absolute Gasteiger partial charge is 0.414 e. The van der Waals surface area contributed by atoms with E-state index in [1.165, 1.54) is 18.1 Å². The number of halogens is 1. The number of nitrogens with zero attached hydrogens (tertiary/aromatic N) is 3. The Hall–Kier alpha value is -2.62. The number of cyclic esters (lactones) is 1. The number of methoxy groups -OCH3 is 1. The van der Waals surface area contributed by atoms with Crippen LogP contribution in [0.5, 0.6) is 0 Å². The summed E-state index contributed by atoms with van der Waals surface area (Å²) in [5.41, 5.74) is 0.889. The Morgan fingerprint density at radius 3 is 2.63 bits per heavy atom. The summed E-state index contributed by atoms with van der Waals surface area (Å²) in [4.78, 5) is 29.4. The highest BCUT2D eigenvalue weighted by Crippen LogP contribution is 2.28. The van der Waals surface area contributed by atoms with Gasteiger partial charge in [0.15, 0.2) is 0 Å². The summed E-state index contributed by atoms with van der Waals surface area (Å²) in [6.07, 6.45) is -1.24. The second kappa shape index (κ2) is 9.46. The molecule has 2 aliphatic rings. The monoisotopic (exact) mass is 438 g/mol. The zero-order valence-corrected chi connectivity index (χ0v) is 18.2. The molecule has 1 atom stereocenters. The molecule has 0 aromatic heterocycles. The van der Waals surface area contributed by atoms with Gasteiger partial charge in [-0.15, -0.1) is 0 Å². The van der Waals surface area contributed by atoms with Crippen LogP contribution >= 0.6 is 12.2 Å². The molecule has 0 radical (unpaired) electrons. The molecule has 0 spiro atoms. The molecule has 0 saturated carbocycles. The second-order valence-electron chi connectivity index (χ2n) is 7.60. The van der Waals surface area contributed by atoms with Gasteiger partial charge in [-0.05, 0) is 18.2 Å². The van der Waals surface area contributed by atoms with Crippen LogP contribution in [0.2, 0.25) is 0 Å². The highest BCUT2D eigenvalue weighted by Gasteiger charge is 2.33. The van der Waals surface area contributed by atoms with E-state index >= 15 is 0 Å². The molecule has 1 N–H and O–H groups in total. The van der Waals surface area contributed by atoms with E-state index in [9.17, 15) is 14.0 Å². The molecule has 0 bridgehead atoms. The van der Waals surface area contributed by atoms with Crippen molar-refractivity contribution in [3.8, 4) is 0 Å². The molecule has 1 aromatic carbocycles. The number of benzene rings is 1. The van der Waals surface area contributed by atoms with Gasteiger partial charge in [0.25, 0.3) is 0 Å². The van der Waals surface area contributed by atoms with Gasteiger partial charge in [-0.25, -0.2) is 14.0 Å². The van der Waals surface area contributed by atoms with E-state index < -0.39 is 11.9 Å². The summed E-state index contributed by atoms with van der Waals surface area (Å²) in [5.74, 6) is -0.210. The molecular formula is C20H27FN4O4S. The largest absolute Gasteiger partial charge is 0.453 e. The average molecular weight is 439 g/mol. The van der Waals surface area contributed by atoms with Crippen LogP contribution in [0.4, 0.5) is 25.4 Å². The van der Waals surface area contributed by atoms with E-state index in [0.29, 0.717) is 55.6 Å². The minimum atomic E-state index is -0.504. The van der Waals surface area contributed by atoms with E-state index in [4.69, 9.17) is 21.7 Å². The Morgan fingerprint density at radius 2 is 2.03 bits per heavy atom. The fourth-order valence-electron chi connectivity index (χ4n) is 3.44. The third-order valence-corrected chi connectivity index (χ3v) is 5.81. The standard InChI is InChI=1S/C20H27FN4O4S/c1-13(2)18(30)22-11-15-12-25(20(27)29-15)14-4-5-17(16(21)10-14)23-6-8-24(9-7-23)19(26)28-3/h4-5,10,13,15H,6-9,11-12H2,1-3H3,(H,22,30). The molecule has 2 saturated heterocycles. The van der Waals surface area contributed by atoms with E-state index in [2.05, 4.69) is 5.32 Å². The quantitative estimate of drug-likeness (QED) is 0.709. The normalized spacial score (nSPS) is 19.2. The maximum Gasteiger partial charge on any atom is 0.414 e. The summed E-state index contributed by atoms with van der Waals surface area (Å²) in [5, 5.41) is 3.11. The van der Waals surface area contributed by atoms with Crippen LogP contribution in [0.25, 0.3) is 0 Å². The topological polar surface area (TPSA) is 74.3 Å². The van der Waals surface area contributed by atoms with Crippen LogP contribution in [-0.4, -0.2) is 74.6 Å². The molecule has 0 aliphatic carbocycles.